The quantitative estimate of drug-likeness (QED) is 0.745. The summed E-state index contributed by atoms with van der Waals surface area (Å²) < 4.78 is 1.94. The molecule has 0 saturated heterocycles. The molecule has 0 heterocycles. The van der Waals surface area contributed by atoms with E-state index in [0.717, 1.165) is 20.2 Å². The summed E-state index contributed by atoms with van der Waals surface area (Å²) in [4.78, 5) is 0. The van der Waals surface area contributed by atoms with E-state index in [1.54, 1.807) is 0 Å². The molecule has 1 aromatic rings. The van der Waals surface area contributed by atoms with Gasteiger partial charge in [-0.05, 0) is 59.3 Å². The van der Waals surface area contributed by atoms with Crippen LogP contribution in [-0.4, -0.2) is 0 Å². The molecule has 2 nitrogen and oxygen atoms in total. The van der Waals surface area contributed by atoms with Crippen LogP contribution in [0.25, 0.3) is 0 Å². The monoisotopic (exact) mass is 374 g/mol. The Bertz CT molecular complexity index is 438. The number of anilines is 1. The minimum Gasteiger partial charge on any atom is -0.398 e. The Balaban J connectivity index is 2.39. The lowest BCUT2D eigenvalue weighted by Gasteiger charge is -2.38. The van der Waals surface area contributed by atoms with Gasteiger partial charge in [-0.3, -0.25) is 0 Å². The second kappa shape index (κ2) is 5.51. The van der Waals surface area contributed by atoms with Gasteiger partial charge < -0.3 is 11.5 Å². The zero-order chi connectivity index (χ0) is 13.3. The molecule has 0 spiro atoms. The normalized spacial score (nSPS) is 20.7. The van der Waals surface area contributed by atoms with Crippen LogP contribution in [0.15, 0.2) is 21.1 Å². The number of hydrogen-bond acceptors (Lipinski definition) is 2. The number of benzene rings is 1. The van der Waals surface area contributed by atoms with Gasteiger partial charge in [-0.25, -0.2) is 0 Å². The van der Waals surface area contributed by atoms with Gasteiger partial charge in [0.2, 0.25) is 0 Å². The molecule has 4 heteroatoms. The van der Waals surface area contributed by atoms with E-state index >= 15 is 0 Å². The van der Waals surface area contributed by atoms with E-state index in [1.165, 1.54) is 32.1 Å². The first-order valence-electron chi connectivity index (χ1n) is 6.47. The zero-order valence-electron chi connectivity index (χ0n) is 10.7. The van der Waals surface area contributed by atoms with Crippen LogP contribution in [0.1, 0.15) is 44.6 Å². The van der Waals surface area contributed by atoms with E-state index in [4.69, 9.17) is 11.5 Å². The molecule has 1 aromatic carbocycles. The first-order chi connectivity index (χ1) is 8.43. The van der Waals surface area contributed by atoms with Gasteiger partial charge >= 0.3 is 0 Å². The molecule has 1 atom stereocenters. The Labute approximate surface area is 126 Å². The van der Waals surface area contributed by atoms with Gasteiger partial charge in [0, 0.05) is 14.5 Å². The van der Waals surface area contributed by atoms with Crippen LogP contribution in [0.2, 0.25) is 0 Å². The first kappa shape index (κ1) is 14.4. The van der Waals surface area contributed by atoms with Gasteiger partial charge in [-0.1, -0.05) is 35.2 Å². The van der Waals surface area contributed by atoms with Gasteiger partial charge in [-0.2, -0.15) is 0 Å². The van der Waals surface area contributed by atoms with E-state index in [1.807, 2.05) is 6.07 Å². The van der Waals surface area contributed by atoms with Crippen LogP contribution in [0.5, 0.6) is 0 Å². The summed E-state index contributed by atoms with van der Waals surface area (Å²) in [5.41, 5.74) is 14.3. The van der Waals surface area contributed by atoms with Gasteiger partial charge in [0.1, 0.15) is 0 Å². The van der Waals surface area contributed by atoms with E-state index in [9.17, 15) is 0 Å². The van der Waals surface area contributed by atoms with Crippen molar-refractivity contribution in [3.8, 4) is 0 Å². The maximum absolute atomic E-state index is 6.63. The lowest BCUT2D eigenvalue weighted by Crippen LogP contribution is -2.42. The third-order valence-corrected chi connectivity index (χ3v) is 5.24. The highest BCUT2D eigenvalue weighted by molar-refractivity contribution is 9.11. The highest BCUT2D eigenvalue weighted by atomic mass is 79.9. The van der Waals surface area contributed by atoms with E-state index in [0.29, 0.717) is 5.92 Å². The molecule has 1 fully saturated rings. The minimum absolute atomic E-state index is 0.350. The average Bonchev–Trinajstić information content (AvgIpc) is 2.34. The van der Waals surface area contributed by atoms with Crippen LogP contribution in [0, 0.1) is 5.92 Å². The SMILES string of the molecule is CC(N)(c1cc(Br)cc(Br)c1N)C1CCCCC1. The smallest absolute Gasteiger partial charge is 0.0510 e. The number of hydrogen-bond donors (Lipinski definition) is 2. The highest BCUT2D eigenvalue weighted by Crippen LogP contribution is 2.42. The lowest BCUT2D eigenvalue weighted by molar-refractivity contribution is 0.225. The number of nitrogen functional groups attached to an aromatic ring is 1. The summed E-state index contributed by atoms with van der Waals surface area (Å²) in [6.07, 6.45) is 6.32. The van der Waals surface area contributed by atoms with Crippen molar-refractivity contribution in [1.82, 2.24) is 0 Å². The van der Waals surface area contributed by atoms with Gasteiger partial charge in [0.05, 0.1) is 5.69 Å². The zero-order valence-corrected chi connectivity index (χ0v) is 13.9. The van der Waals surface area contributed by atoms with E-state index < -0.39 is 0 Å². The van der Waals surface area contributed by atoms with Crippen molar-refractivity contribution in [3.63, 3.8) is 0 Å². The molecule has 1 unspecified atom stereocenters. The Morgan fingerprint density at radius 3 is 2.39 bits per heavy atom. The fourth-order valence-corrected chi connectivity index (χ4v) is 4.18. The van der Waals surface area contributed by atoms with Crippen LogP contribution in [0.3, 0.4) is 0 Å². The summed E-state index contributed by atoms with van der Waals surface area (Å²) in [7, 11) is 0. The Hall–Kier alpha value is -0.0600. The predicted molar refractivity (Wildman–Crippen MR) is 84.4 cm³/mol. The van der Waals surface area contributed by atoms with Crippen LogP contribution < -0.4 is 11.5 Å². The molecule has 0 aromatic heterocycles. The molecule has 0 radical (unpaired) electrons. The standard InChI is InChI=1S/C14H20Br2N2/c1-14(18,9-5-3-2-4-6-9)11-7-10(15)8-12(16)13(11)17/h7-9H,2-6,17-18H2,1H3. The van der Waals surface area contributed by atoms with Crippen molar-refractivity contribution in [1.29, 1.82) is 0 Å². The topological polar surface area (TPSA) is 52.0 Å². The molecule has 1 aliphatic rings. The molecule has 1 saturated carbocycles. The summed E-state index contributed by atoms with van der Waals surface area (Å²) >= 11 is 7.03. The molecule has 0 aliphatic heterocycles. The summed E-state index contributed by atoms with van der Waals surface area (Å²) in [6.45, 7) is 2.12. The van der Waals surface area contributed by atoms with Crippen LogP contribution in [0.4, 0.5) is 5.69 Å². The number of rotatable bonds is 2. The van der Waals surface area contributed by atoms with Crippen molar-refractivity contribution in [2.45, 2.75) is 44.6 Å². The van der Waals surface area contributed by atoms with Crippen molar-refractivity contribution in [3.05, 3.63) is 26.6 Å². The fraction of sp³-hybridized carbons (Fsp3) is 0.571. The second-order valence-corrected chi connectivity index (χ2v) is 7.24. The molecule has 0 amide bonds. The van der Waals surface area contributed by atoms with Crippen molar-refractivity contribution in [2.24, 2.45) is 11.7 Å². The Morgan fingerprint density at radius 1 is 1.17 bits per heavy atom. The fourth-order valence-electron chi connectivity index (χ4n) is 2.95. The van der Waals surface area contributed by atoms with Crippen molar-refractivity contribution in [2.75, 3.05) is 5.73 Å². The minimum atomic E-state index is -0.350. The number of halogens is 2. The summed E-state index contributed by atoms with van der Waals surface area (Å²) in [5, 5.41) is 0. The van der Waals surface area contributed by atoms with Crippen LogP contribution >= 0.6 is 31.9 Å². The molecular weight excluding hydrogens is 356 g/mol. The maximum Gasteiger partial charge on any atom is 0.0510 e. The molecular formula is C14H20Br2N2. The third kappa shape index (κ3) is 2.75. The molecule has 0 bridgehead atoms. The van der Waals surface area contributed by atoms with Crippen LogP contribution in [-0.2, 0) is 5.54 Å². The summed E-state index contributed by atoms with van der Waals surface area (Å²) in [5.74, 6) is 0.523. The largest absolute Gasteiger partial charge is 0.398 e. The van der Waals surface area contributed by atoms with Crippen molar-refractivity contribution >= 4 is 37.5 Å². The Morgan fingerprint density at radius 2 is 1.78 bits per heavy atom. The van der Waals surface area contributed by atoms with Crippen molar-refractivity contribution < 1.29 is 0 Å². The van der Waals surface area contributed by atoms with Gasteiger partial charge in [0.25, 0.3) is 0 Å². The third-order valence-electron chi connectivity index (χ3n) is 4.13. The molecule has 4 N–H and O–H groups in total. The Kier molecular flexibility index (Phi) is 4.40. The molecule has 2 rings (SSSR count). The van der Waals surface area contributed by atoms with E-state index in [-0.39, 0.29) is 5.54 Å². The lowest BCUT2D eigenvalue weighted by atomic mass is 9.72. The highest BCUT2D eigenvalue weighted by Gasteiger charge is 2.34. The van der Waals surface area contributed by atoms with Gasteiger partial charge in [0.15, 0.2) is 0 Å². The second-order valence-electron chi connectivity index (χ2n) is 5.47. The van der Waals surface area contributed by atoms with E-state index in [2.05, 4.69) is 44.8 Å². The molecule has 1 aliphatic carbocycles. The van der Waals surface area contributed by atoms with Gasteiger partial charge in [-0.15, -0.1) is 0 Å². The maximum atomic E-state index is 6.63. The molecule has 18 heavy (non-hydrogen) atoms. The first-order valence-corrected chi connectivity index (χ1v) is 8.05. The molecule has 100 valence electrons. The summed E-state index contributed by atoms with van der Waals surface area (Å²) in [6, 6.07) is 4.03. The number of nitrogens with two attached hydrogens (primary N) is 2. The predicted octanol–water partition coefficient (Wildman–Crippen LogP) is 4.55. The average molecular weight is 376 g/mol.